The number of unbranched alkanes of at least 4 members (excludes halogenated alkanes) is 2. The number of rotatable bonds is 9. The number of aromatic nitrogens is 2. The van der Waals surface area contributed by atoms with E-state index >= 15 is 0 Å². The molecule has 0 atom stereocenters. The van der Waals surface area contributed by atoms with Crippen LogP contribution >= 0.6 is 23.4 Å². The SMILES string of the molecule is CCCCCn1c(SCc2cccc(Cl)c2)nc2cc(C(=O)NC3CCCCC3)ccc2c1=O. The maximum Gasteiger partial charge on any atom is 0.262 e. The smallest absolute Gasteiger partial charge is 0.262 e. The zero-order valence-corrected chi connectivity index (χ0v) is 21.3. The average molecular weight is 498 g/mol. The molecule has 0 spiro atoms. The van der Waals surface area contributed by atoms with E-state index in [2.05, 4.69) is 12.2 Å². The van der Waals surface area contributed by atoms with E-state index in [0.717, 1.165) is 50.5 Å². The van der Waals surface area contributed by atoms with E-state index in [1.165, 1.54) is 18.2 Å². The third kappa shape index (κ3) is 6.22. The molecule has 34 heavy (non-hydrogen) atoms. The lowest BCUT2D eigenvalue weighted by atomic mass is 9.95. The molecule has 0 bridgehead atoms. The molecule has 1 aromatic heterocycles. The van der Waals surface area contributed by atoms with Gasteiger partial charge in [-0.1, -0.05) is 74.5 Å². The molecule has 1 amide bonds. The number of hydrogen-bond acceptors (Lipinski definition) is 4. The van der Waals surface area contributed by atoms with Gasteiger partial charge in [0.15, 0.2) is 5.16 Å². The van der Waals surface area contributed by atoms with Crippen molar-refractivity contribution in [1.82, 2.24) is 14.9 Å². The van der Waals surface area contributed by atoms with Crippen LogP contribution in [-0.4, -0.2) is 21.5 Å². The van der Waals surface area contributed by atoms with Gasteiger partial charge in [-0.15, -0.1) is 0 Å². The lowest BCUT2D eigenvalue weighted by molar-refractivity contribution is 0.0928. The zero-order chi connectivity index (χ0) is 23.9. The minimum atomic E-state index is -0.0872. The van der Waals surface area contributed by atoms with Gasteiger partial charge in [-0.25, -0.2) is 4.98 Å². The monoisotopic (exact) mass is 497 g/mol. The number of benzene rings is 2. The molecule has 180 valence electrons. The van der Waals surface area contributed by atoms with Crippen LogP contribution in [0.5, 0.6) is 0 Å². The molecule has 3 aromatic rings. The van der Waals surface area contributed by atoms with Crippen LogP contribution in [-0.2, 0) is 12.3 Å². The van der Waals surface area contributed by atoms with Crippen molar-refractivity contribution in [3.05, 3.63) is 69.0 Å². The molecule has 0 radical (unpaired) electrons. The first kappa shape index (κ1) is 24.8. The number of nitrogens with one attached hydrogen (secondary N) is 1. The Labute approximate surface area is 210 Å². The van der Waals surface area contributed by atoms with Crippen molar-refractivity contribution in [2.75, 3.05) is 0 Å². The molecule has 7 heteroatoms. The normalized spacial score (nSPS) is 14.4. The minimum Gasteiger partial charge on any atom is -0.349 e. The molecule has 1 N–H and O–H groups in total. The van der Waals surface area contributed by atoms with Crippen molar-refractivity contribution < 1.29 is 4.79 Å². The van der Waals surface area contributed by atoms with Gasteiger partial charge in [0.05, 0.1) is 10.9 Å². The number of nitrogens with zero attached hydrogens (tertiary/aromatic N) is 2. The van der Waals surface area contributed by atoms with Gasteiger partial charge in [-0.3, -0.25) is 14.2 Å². The standard InChI is InChI=1S/C27H32ClN3O2S/c1-2-3-7-15-31-26(33)23-14-13-20(25(32)29-22-11-5-4-6-12-22)17-24(23)30-27(31)34-18-19-9-8-10-21(28)16-19/h8-10,13-14,16-17,22H,2-7,11-12,15,18H2,1H3,(H,29,32). The highest BCUT2D eigenvalue weighted by Gasteiger charge is 2.18. The number of carbonyl (C=O) groups excluding carboxylic acids is 1. The van der Waals surface area contributed by atoms with Gasteiger partial charge >= 0.3 is 0 Å². The maximum absolute atomic E-state index is 13.4. The summed E-state index contributed by atoms with van der Waals surface area (Å²) in [6, 6.07) is 13.2. The van der Waals surface area contributed by atoms with Gasteiger partial charge in [-0.2, -0.15) is 0 Å². The lowest BCUT2D eigenvalue weighted by Gasteiger charge is -2.22. The highest BCUT2D eigenvalue weighted by Crippen LogP contribution is 2.25. The summed E-state index contributed by atoms with van der Waals surface area (Å²) in [6.45, 7) is 2.79. The maximum atomic E-state index is 13.4. The Hall–Kier alpha value is -2.31. The Balaban J connectivity index is 1.63. The third-order valence-electron chi connectivity index (χ3n) is 6.37. The fourth-order valence-electron chi connectivity index (χ4n) is 4.46. The van der Waals surface area contributed by atoms with E-state index in [0.29, 0.717) is 38.9 Å². The Morgan fingerprint density at radius 2 is 1.97 bits per heavy atom. The molecule has 1 saturated carbocycles. The number of amides is 1. The summed E-state index contributed by atoms with van der Waals surface area (Å²) in [5.74, 6) is 0.574. The van der Waals surface area contributed by atoms with Gasteiger partial charge in [0.25, 0.3) is 11.5 Å². The predicted molar refractivity (Wildman–Crippen MR) is 141 cm³/mol. The lowest BCUT2D eigenvalue weighted by Crippen LogP contribution is -2.36. The number of thioether (sulfide) groups is 1. The number of carbonyl (C=O) groups is 1. The molecule has 1 aliphatic rings. The predicted octanol–water partition coefficient (Wildman–Crippen LogP) is 6.59. The van der Waals surface area contributed by atoms with Crippen molar-refractivity contribution in [2.45, 2.75) is 81.8 Å². The van der Waals surface area contributed by atoms with Gasteiger partial charge in [0, 0.05) is 28.9 Å². The van der Waals surface area contributed by atoms with Crippen molar-refractivity contribution in [3.8, 4) is 0 Å². The molecule has 4 rings (SSSR count). The second-order valence-electron chi connectivity index (χ2n) is 9.02. The largest absolute Gasteiger partial charge is 0.349 e. The van der Waals surface area contributed by atoms with Gasteiger partial charge in [0.1, 0.15) is 0 Å². The number of hydrogen-bond donors (Lipinski definition) is 1. The molecule has 1 aliphatic carbocycles. The van der Waals surface area contributed by atoms with Crippen LogP contribution in [0, 0.1) is 0 Å². The number of halogens is 1. The van der Waals surface area contributed by atoms with Crippen LogP contribution in [0.3, 0.4) is 0 Å². The van der Waals surface area contributed by atoms with Crippen molar-refractivity contribution in [3.63, 3.8) is 0 Å². The first-order valence-electron chi connectivity index (χ1n) is 12.3. The highest BCUT2D eigenvalue weighted by atomic mass is 35.5. The molecule has 0 aliphatic heterocycles. The molecule has 2 aromatic carbocycles. The average Bonchev–Trinajstić information content (AvgIpc) is 2.84. The van der Waals surface area contributed by atoms with Crippen LogP contribution < -0.4 is 10.9 Å². The summed E-state index contributed by atoms with van der Waals surface area (Å²) in [4.78, 5) is 31.1. The van der Waals surface area contributed by atoms with Gasteiger partial charge < -0.3 is 5.32 Å². The van der Waals surface area contributed by atoms with Crippen LogP contribution in [0.4, 0.5) is 0 Å². The molecule has 0 saturated heterocycles. The Morgan fingerprint density at radius 1 is 1.15 bits per heavy atom. The van der Waals surface area contributed by atoms with E-state index in [4.69, 9.17) is 16.6 Å². The van der Waals surface area contributed by atoms with Crippen LogP contribution in [0.1, 0.15) is 74.2 Å². The quantitative estimate of drug-likeness (QED) is 0.205. The first-order valence-corrected chi connectivity index (χ1v) is 13.6. The zero-order valence-electron chi connectivity index (χ0n) is 19.7. The van der Waals surface area contributed by atoms with Crippen LogP contribution in [0.2, 0.25) is 5.02 Å². The van der Waals surface area contributed by atoms with Gasteiger partial charge in [0.2, 0.25) is 0 Å². The van der Waals surface area contributed by atoms with E-state index < -0.39 is 0 Å². The molecular weight excluding hydrogens is 466 g/mol. The summed E-state index contributed by atoms with van der Waals surface area (Å²) >= 11 is 7.68. The fraction of sp³-hybridized carbons (Fsp3) is 0.444. The third-order valence-corrected chi connectivity index (χ3v) is 7.65. The minimum absolute atomic E-state index is 0.0473. The van der Waals surface area contributed by atoms with E-state index in [-0.39, 0.29) is 17.5 Å². The van der Waals surface area contributed by atoms with Crippen molar-refractivity contribution >= 4 is 40.2 Å². The van der Waals surface area contributed by atoms with Crippen LogP contribution in [0.15, 0.2) is 52.4 Å². The molecule has 1 heterocycles. The van der Waals surface area contributed by atoms with E-state index in [9.17, 15) is 9.59 Å². The molecule has 5 nitrogen and oxygen atoms in total. The number of fused-ring (bicyclic) bond motifs is 1. The van der Waals surface area contributed by atoms with Gasteiger partial charge in [-0.05, 0) is 55.2 Å². The van der Waals surface area contributed by atoms with Crippen molar-refractivity contribution in [1.29, 1.82) is 0 Å². The van der Waals surface area contributed by atoms with E-state index in [1.807, 2.05) is 24.3 Å². The summed E-state index contributed by atoms with van der Waals surface area (Å²) in [5, 5.41) is 5.08. The first-order chi connectivity index (χ1) is 16.5. The summed E-state index contributed by atoms with van der Waals surface area (Å²) in [6.07, 6.45) is 8.70. The Bertz CT molecular complexity index is 1200. The topological polar surface area (TPSA) is 64.0 Å². The van der Waals surface area contributed by atoms with E-state index in [1.54, 1.807) is 22.8 Å². The molecular formula is C27H32ClN3O2S. The molecule has 0 unspecified atom stereocenters. The fourth-order valence-corrected chi connectivity index (χ4v) is 5.64. The summed E-state index contributed by atoms with van der Waals surface area (Å²) in [5.41, 5.74) is 2.16. The van der Waals surface area contributed by atoms with Crippen LogP contribution in [0.25, 0.3) is 10.9 Å². The van der Waals surface area contributed by atoms with Crippen molar-refractivity contribution in [2.24, 2.45) is 0 Å². The second kappa shape index (κ2) is 11.9. The second-order valence-corrected chi connectivity index (χ2v) is 10.4. The molecule has 1 fully saturated rings. The summed E-state index contributed by atoms with van der Waals surface area (Å²) in [7, 11) is 0. The summed E-state index contributed by atoms with van der Waals surface area (Å²) < 4.78 is 1.79. The Morgan fingerprint density at radius 3 is 2.74 bits per heavy atom. The highest BCUT2D eigenvalue weighted by molar-refractivity contribution is 7.98. The Kier molecular flexibility index (Phi) is 8.68.